The van der Waals surface area contributed by atoms with Gasteiger partial charge in [0.25, 0.3) is 0 Å². The molecule has 0 fully saturated rings. The normalized spacial score (nSPS) is 14.0. The Hall–Kier alpha value is -3.10. The number of hydrogen-bond acceptors (Lipinski definition) is 6. The number of alkyl carbamates (subject to hydrolysis) is 1. The van der Waals surface area contributed by atoms with Crippen LogP contribution in [-0.2, 0) is 23.9 Å². The first-order valence-corrected chi connectivity index (χ1v) is 14.3. The highest BCUT2D eigenvalue weighted by molar-refractivity contribution is 5.93. The molecule has 2 N–H and O–H groups in total. The van der Waals surface area contributed by atoms with Crippen molar-refractivity contribution < 1.29 is 28.7 Å². The number of aryl methyl sites for hydroxylation is 2. The van der Waals surface area contributed by atoms with E-state index in [4.69, 9.17) is 9.47 Å². The third-order valence-electron chi connectivity index (χ3n) is 7.19. The summed E-state index contributed by atoms with van der Waals surface area (Å²) < 4.78 is 10.5. The van der Waals surface area contributed by atoms with Gasteiger partial charge in [0.05, 0.1) is 13.0 Å². The molecular formula is C31H51N3O6. The molecule has 9 nitrogen and oxygen atoms in total. The van der Waals surface area contributed by atoms with Crippen LogP contribution < -0.4 is 10.6 Å². The molecular weight excluding hydrogens is 510 g/mol. The molecule has 3 atom stereocenters. The number of carbonyl (C=O) groups is 4. The van der Waals surface area contributed by atoms with Crippen LogP contribution in [-0.4, -0.2) is 59.1 Å². The number of nitrogens with zero attached hydrogens (tertiary/aromatic N) is 1. The maximum atomic E-state index is 14.5. The second kappa shape index (κ2) is 15.1. The Bertz CT molecular complexity index is 1030. The number of nitrogens with one attached hydrogen (secondary N) is 2. The van der Waals surface area contributed by atoms with Crippen LogP contribution in [0.25, 0.3) is 0 Å². The predicted molar refractivity (Wildman–Crippen MR) is 157 cm³/mol. The first-order chi connectivity index (χ1) is 18.5. The van der Waals surface area contributed by atoms with E-state index >= 15 is 0 Å². The van der Waals surface area contributed by atoms with E-state index in [1.165, 1.54) is 0 Å². The van der Waals surface area contributed by atoms with Crippen LogP contribution in [0.15, 0.2) is 18.2 Å². The van der Waals surface area contributed by atoms with E-state index in [0.29, 0.717) is 18.4 Å². The summed E-state index contributed by atoms with van der Waals surface area (Å²) >= 11 is 0. The van der Waals surface area contributed by atoms with E-state index in [9.17, 15) is 19.2 Å². The van der Waals surface area contributed by atoms with Gasteiger partial charge >= 0.3 is 12.1 Å². The van der Waals surface area contributed by atoms with Gasteiger partial charge in [-0.15, -0.1) is 0 Å². The molecule has 226 valence electrons. The number of carbonyl (C=O) groups excluding carboxylic acids is 4. The van der Waals surface area contributed by atoms with Crippen LogP contribution in [0, 0.1) is 19.8 Å². The minimum Gasteiger partial charge on any atom is -0.466 e. The highest BCUT2D eigenvalue weighted by Gasteiger charge is 2.44. The van der Waals surface area contributed by atoms with E-state index in [1.807, 2.05) is 66.7 Å². The molecule has 0 spiro atoms. The zero-order chi connectivity index (χ0) is 30.8. The lowest BCUT2D eigenvalue weighted by molar-refractivity contribution is -0.150. The minimum atomic E-state index is -1.00. The van der Waals surface area contributed by atoms with Crippen molar-refractivity contribution in [2.45, 2.75) is 119 Å². The van der Waals surface area contributed by atoms with Crippen molar-refractivity contribution in [3.05, 3.63) is 34.9 Å². The predicted octanol–water partition coefficient (Wildman–Crippen LogP) is 5.37. The topological polar surface area (TPSA) is 114 Å². The van der Waals surface area contributed by atoms with Gasteiger partial charge in [-0.25, -0.2) is 4.79 Å². The van der Waals surface area contributed by atoms with Gasteiger partial charge in [-0.05, 0) is 84.4 Å². The van der Waals surface area contributed by atoms with Gasteiger partial charge < -0.3 is 25.0 Å². The van der Waals surface area contributed by atoms with Crippen LogP contribution >= 0.6 is 0 Å². The molecule has 40 heavy (non-hydrogen) atoms. The fourth-order valence-electron chi connectivity index (χ4n) is 4.18. The molecule has 1 aromatic rings. The monoisotopic (exact) mass is 561 g/mol. The van der Waals surface area contributed by atoms with E-state index < -0.39 is 41.2 Å². The van der Waals surface area contributed by atoms with Gasteiger partial charge in [0.15, 0.2) is 0 Å². The molecule has 0 aromatic heterocycles. The fraction of sp³-hybridized carbons (Fsp3) is 0.677. The summed E-state index contributed by atoms with van der Waals surface area (Å²) in [6.45, 7) is 20.9. The highest BCUT2D eigenvalue weighted by Crippen LogP contribution is 2.34. The summed E-state index contributed by atoms with van der Waals surface area (Å²) in [6, 6.07) is 3.76. The maximum Gasteiger partial charge on any atom is 0.408 e. The number of rotatable bonds is 13. The zero-order valence-corrected chi connectivity index (χ0v) is 26.4. The van der Waals surface area contributed by atoms with Crippen molar-refractivity contribution >= 4 is 23.9 Å². The molecule has 0 heterocycles. The lowest BCUT2D eigenvalue weighted by atomic mass is 9.89. The van der Waals surface area contributed by atoms with Gasteiger partial charge in [0.1, 0.15) is 17.7 Å². The molecule has 0 aliphatic rings. The highest BCUT2D eigenvalue weighted by atomic mass is 16.6. The Labute approximate surface area is 240 Å². The van der Waals surface area contributed by atoms with Crippen LogP contribution in [0.4, 0.5) is 4.79 Å². The number of ether oxygens (including phenoxy) is 2. The van der Waals surface area contributed by atoms with Gasteiger partial charge in [0.2, 0.25) is 11.8 Å². The van der Waals surface area contributed by atoms with Gasteiger partial charge in [0, 0.05) is 12.1 Å². The summed E-state index contributed by atoms with van der Waals surface area (Å²) in [6.07, 6.45) is 0.490. The van der Waals surface area contributed by atoms with Gasteiger partial charge in [-0.1, -0.05) is 45.4 Å². The summed E-state index contributed by atoms with van der Waals surface area (Å²) in [7, 11) is 0. The summed E-state index contributed by atoms with van der Waals surface area (Å²) in [4.78, 5) is 54.7. The molecule has 0 aliphatic carbocycles. The fourth-order valence-corrected chi connectivity index (χ4v) is 4.18. The molecule has 1 aromatic carbocycles. The second-order valence-electron chi connectivity index (χ2n) is 12.0. The lowest BCUT2D eigenvalue weighted by Gasteiger charge is -2.45. The van der Waals surface area contributed by atoms with Crippen molar-refractivity contribution in [3.63, 3.8) is 0 Å². The molecule has 0 saturated carbocycles. The standard InChI is InChI=1S/C31H51N3O6/c1-12-20(4)25(33-29(38)40-30(7,8)9)28(37)34(31(10,11)13-2)26(23-16-15-21(5)22(6)19-23)27(36)32-18-17-24(35)39-14-3/h15-16,19-20,25-26H,12-14,17-18H2,1-11H3,(H,32,36)(H,33,38). The SMILES string of the molecule is CCOC(=O)CCNC(=O)C(c1ccc(C)c(C)c1)N(C(=O)C(NC(=O)OC(C)(C)C)C(C)CC)C(C)(C)CC. The molecule has 9 heteroatoms. The van der Waals surface area contributed by atoms with Crippen molar-refractivity contribution in [1.82, 2.24) is 15.5 Å². The van der Waals surface area contributed by atoms with Gasteiger partial charge in [-0.3, -0.25) is 14.4 Å². The average molecular weight is 562 g/mol. The van der Waals surface area contributed by atoms with E-state index in [2.05, 4.69) is 10.6 Å². The lowest BCUT2D eigenvalue weighted by Crippen LogP contribution is -2.60. The quantitative estimate of drug-likeness (QED) is 0.313. The Balaban J connectivity index is 3.64. The second-order valence-corrected chi connectivity index (χ2v) is 12.0. The van der Waals surface area contributed by atoms with Gasteiger partial charge in [-0.2, -0.15) is 0 Å². The van der Waals surface area contributed by atoms with Crippen LogP contribution in [0.1, 0.15) is 104 Å². The van der Waals surface area contributed by atoms with Crippen LogP contribution in [0.5, 0.6) is 0 Å². The van der Waals surface area contributed by atoms with Crippen molar-refractivity contribution in [3.8, 4) is 0 Å². The molecule has 3 amide bonds. The van der Waals surface area contributed by atoms with E-state index in [-0.39, 0.29) is 31.4 Å². The number of esters is 1. The third-order valence-corrected chi connectivity index (χ3v) is 7.19. The molecule has 0 aliphatic heterocycles. The molecule has 0 bridgehead atoms. The van der Waals surface area contributed by atoms with E-state index in [0.717, 1.165) is 11.1 Å². The average Bonchev–Trinajstić information content (AvgIpc) is 2.85. The van der Waals surface area contributed by atoms with Crippen LogP contribution in [0.3, 0.4) is 0 Å². The first kappa shape index (κ1) is 34.9. The Morgan fingerprint density at radius 2 is 1.60 bits per heavy atom. The molecule has 3 unspecified atom stereocenters. The number of amides is 3. The smallest absolute Gasteiger partial charge is 0.408 e. The molecule has 0 saturated heterocycles. The molecule has 0 radical (unpaired) electrons. The number of benzene rings is 1. The molecule has 1 rings (SSSR count). The minimum absolute atomic E-state index is 0.0139. The maximum absolute atomic E-state index is 14.5. The number of hydrogen-bond donors (Lipinski definition) is 2. The summed E-state index contributed by atoms with van der Waals surface area (Å²) in [5.74, 6) is -1.44. The summed E-state index contributed by atoms with van der Waals surface area (Å²) in [5, 5.41) is 5.64. The zero-order valence-electron chi connectivity index (χ0n) is 26.4. The van der Waals surface area contributed by atoms with Crippen molar-refractivity contribution in [2.24, 2.45) is 5.92 Å². The largest absolute Gasteiger partial charge is 0.466 e. The summed E-state index contributed by atoms with van der Waals surface area (Å²) in [5.41, 5.74) is 1.18. The Kier molecular flexibility index (Phi) is 13.1. The van der Waals surface area contributed by atoms with E-state index in [1.54, 1.807) is 32.6 Å². The third kappa shape index (κ3) is 10.1. The Morgan fingerprint density at radius 1 is 0.975 bits per heavy atom. The Morgan fingerprint density at radius 3 is 2.10 bits per heavy atom. The first-order valence-electron chi connectivity index (χ1n) is 14.3. The van der Waals surface area contributed by atoms with Crippen molar-refractivity contribution in [1.29, 1.82) is 0 Å². The van der Waals surface area contributed by atoms with Crippen molar-refractivity contribution in [2.75, 3.05) is 13.2 Å². The van der Waals surface area contributed by atoms with Crippen LogP contribution in [0.2, 0.25) is 0 Å².